The zero-order chi connectivity index (χ0) is 12.5. The van der Waals surface area contributed by atoms with Gasteiger partial charge in [-0.05, 0) is 61.9 Å². The number of likely N-dealkylation sites (tertiary alicyclic amines) is 1. The number of halogens is 1. The summed E-state index contributed by atoms with van der Waals surface area (Å²) < 4.78 is 1.06. The first-order valence-electron chi connectivity index (χ1n) is 6.88. The topological polar surface area (TPSA) is 23.5 Å². The highest BCUT2D eigenvalue weighted by Crippen LogP contribution is 2.45. The van der Waals surface area contributed by atoms with Crippen LogP contribution in [0.2, 0.25) is 0 Å². The Hall–Kier alpha value is -0.380. The van der Waals surface area contributed by atoms with Crippen LogP contribution < -0.4 is 0 Å². The number of fused-ring (bicyclic) bond motifs is 1. The van der Waals surface area contributed by atoms with E-state index in [4.69, 9.17) is 0 Å². The normalized spacial score (nSPS) is 29.4. The first kappa shape index (κ1) is 12.6. The second-order valence-corrected chi connectivity index (χ2v) is 6.62. The van der Waals surface area contributed by atoms with Gasteiger partial charge in [-0.15, -0.1) is 0 Å². The molecular formula is C15H20BrNO. The summed E-state index contributed by atoms with van der Waals surface area (Å²) in [4.78, 5) is 2.43. The molecule has 2 nitrogen and oxygen atoms in total. The average molecular weight is 310 g/mol. The number of rotatable bonds is 3. The van der Waals surface area contributed by atoms with Crippen molar-refractivity contribution >= 4 is 15.9 Å². The second kappa shape index (κ2) is 5.32. The smallest absolute Gasteiger partial charge is 0.0916 e. The number of nitrogens with zero attached hydrogens (tertiary/aromatic N) is 1. The summed E-state index contributed by atoms with van der Waals surface area (Å²) >= 11 is 3.42. The Kier molecular flexibility index (Phi) is 3.73. The monoisotopic (exact) mass is 309 g/mol. The lowest BCUT2D eigenvalue weighted by molar-refractivity contribution is 0.113. The van der Waals surface area contributed by atoms with Gasteiger partial charge in [0.2, 0.25) is 0 Å². The van der Waals surface area contributed by atoms with Gasteiger partial charge in [-0.2, -0.15) is 0 Å². The second-order valence-electron chi connectivity index (χ2n) is 5.70. The molecule has 2 fully saturated rings. The Morgan fingerprint density at radius 1 is 1.17 bits per heavy atom. The van der Waals surface area contributed by atoms with Gasteiger partial charge in [0.15, 0.2) is 0 Å². The Balaban J connectivity index is 1.56. The van der Waals surface area contributed by atoms with E-state index in [1.807, 2.05) is 24.3 Å². The zero-order valence-electron chi connectivity index (χ0n) is 10.6. The molecule has 1 aromatic rings. The van der Waals surface area contributed by atoms with Crippen molar-refractivity contribution in [3.63, 3.8) is 0 Å². The van der Waals surface area contributed by atoms with Gasteiger partial charge >= 0.3 is 0 Å². The summed E-state index contributed by atoms with van der Waals surface area (Å²) in [5.74, 6) is 2.00. The van der Waals surface area contributed by atoms with E-state index in [-0.39, 0.29) is 6.10 Å². The molecule has 0 aromatic heterocycles. The molecule has 1 saturated carbocycles. The molecule has 3 heteroatoms. The van der Waals surface area contributed by atoms with Crippen molar-refractivity contribution in [1.82, 2.24) is 4.90 Å². The summed E-state index contributed by atoms with van der Waals surface area (Å²) in [6.45, 7) is 3.10. The van der Waals surface area contributed by atoms with E-state index in [9.17, 15) is 5.11 Å². The fraction of sp³-hybridized carbons (Fsp3) is 0.600. The molecule has 1 saturated heterocycles. The molecule has 1 heterocycles. The Labute approximate surface area is 117 Å². The third kappa shape index (κ3) is 2.95. The molecule has 1 aromatic carbocycles. The van der Waals surface area contributed by atoms with Gasteiger partial charge in [-0.1, -0.05) is 28.1 Å². The van der Waals surface area contributed by atoms with E-state index in [0.29, 0.717) is 0 Å². The molecule has 98 valence electrons. The SMILES string of the molecule is O[C@@H](CN1CCC2C[C@@H]2CC1)c1ccc(Br)cc1. The van der Waals surface area contributed by atoms with Gasteiger partial charge in [-0.25, -0.2) is 0 Å². The van der Waals surface area contributed by atoms with E-state index < -0.39 is 0 Å². The van der Waals surface area contributed by atoms with Gasteiger partial charge in [0, 0.05) is 11.0 Å². The summed E-state index contributed by atoms with van der Waals surface area (Å²) in [6.07, 6.45) is 3.77. The standard InChI is InChI=1S/C15H20BrNO/c16-14-3-1-11(2-4-14)15(18)10-17-7-5-12-9-13(12)6-8-17/h1-4,12-13,15,18H,5-10H2/t12-,13?,15-/m0/s1. The Morgan fingerprint density at radius 3 is 2.39 bits per heavy atom. The average Bonchev–Trinajstić information content (AvgIpc) is 3.12. The number of benzene rings is 1. The van der Waals surface area contributed by atoms with E-state index in [1.165, 1.54) is 19.3 Å². The molecule has 0 bridgehead atoms. The van der Waals surface area contributed by atoms with E-state index >= 15 is 0 Å². The van der Waals surface area contributed by atoms with E-state index in [2.05, 4.69) is 20.8 Å². The minimum absolute atomic E-state index is 0.354. The summed E-state index contributed by atoms with van der Waals surface area (Å²) in [5, 5.41) is 10.3. The van der Waals surface area contributed by atoms with Crippen LogP contribution in [0.4, 0.5) is 0 Å². The summed E-state index contributed by atoms with van der Waals surface area (Å²) in [5.41, 5.74) is 1.02. The quantitative estimate of drug-likeness (QED) is 0.926. The van der Waals surface area contributed by atoms with Crippen molar-refractivity contribution in [2.45, 2.75) is 25.4 Å². The highest BCUT2D eigenvalue weighted by molar-refractivity contribution is 9.10. The summed E-state index contributed by atoms with van der Waals surface area (Å²) in [6, 6.07) is 8.00. The molecule has 1 N–H and O–H groups in total. The van der Waals surface area contributed by atoms with Crippen LogP contribution in [-0.4, -0.2) is 29.6 Å². The number of aliphatic hydroxyl groups is 1. The molecule has 0 radical (unpaired) electrons. The maximum absolute atomic E-state index is 10.3. The Bertz CT molecular complexity index is 393. The molecule has 2 aliphatic rings. The van der Waals surface area contributed by atoms with Crippen molar-refractivity contribution < 1.29 is 5.11 Å². The molecular weight excluding hydrogens is 290 g/mol. The Morgan fingerprint density at radius 2 is 1.78 bits per heavy atom. The lowest BCUT2D eigenvalue weighted by Gasteiger charge is -2.24. The number of aliphatic hydroxyl groups excluding tert-OH is 1. The molecule has 1 aliphatic carbocycles. The van der Waals surface area contributed by atoms with Crippen molar-refractivity contribution in [2.75, 3.05) is 19.6 Å². The van der Waals surface area contributed by atoms with Crippen LogP contribution in [0.25, 0.3) is 0 Å². The first-order chi connectivity index (χ1) is 8.72. The lowest BCUT2D eigenvalue weighted by atomic mass is 10.1. The van der Waals surface area contributed by atoms with E-state index in [1.54, 1.807) is 0 Å². The molecule has 3 atom stereocenters. The van der Waals surface area contributed by atoms with Crippen LogP contribution in [0.5, 0.6) is 0 Å². The van der Waals surface area contributed by atoms with Crippen LogP contribution >= 0.6 is 15.9 Å². The first-order valence-corrected chi connectivity index (χ1v) is 7.67. The van der Waals surface area contributed by atoms with Crippen LogP contribution in [0.15, 0.2) is 28.7 Å². The van der Waals surface area contributed by atoms with Gasteiger partial charge in [0.05, 0.1) is 6.10 Å². The van der Waals surface area contributed by atoms with Crippen LogP contribution in [0, 0.1) is 11.8 Å². The molecule has 0 amide bonds. The molecule has 18 heavy (non-hydrogen) atoms. The molecule has 1 aliphatic heterocycles. The third-order valence-electron chi connectivity index (χ3n) is 4.39. The highest BCUT2D eigenvalue weighted by atomic mass is 79.9. The van der Waals surface area contributed by atoms with E-state index in [0.717, 1.165) is 41.5 Å². The fourth-order valence-electron chi connectivity index (χ4n) is 3.04. The van der Waals surface area contributed by atoms with Gasteiger partial charge in [0.25, 0.3) is 0 Å². The third-order valence-corrected chi connectivity index (χ3v) is 4.92. The molecule has 0 spiro atoms. The van der Waals surface area contributed by atoms with Crippen molar-refractivity contribution in [2.24, 2.45) is 11.8 Å². The molecule has 3 rings (SSSR count). The van der Waals surface area contributed by atoms with Crippen LogP contribution in [-0.2, 0) is 0 Å². The van der Waals surface area contributed by atoms with Gasteiger partial charge in [-0.3, -0.25) is 0 Å². The number of hydrogen-bond donors (Lipinski definition) is 1. The predicted molar refractivity (Wildman–Crippen MR) is 76.4 cm³/mol. The predicted octanol–water partition coefficient (Wildman–Crippen LogP) is 3.21. The fourth-order valence-corrected chi connectivity index (χ4v) is 3.31. The van der Waals surface area contributed by atoms with Crippen molar-refractivity contribution in [3.05, 3.63) is 34.3 Å². The lowest BCUT2D eigenvalue weighted by Crippen LogP contribution is -2.30. The minimum Gasteiger partial charge on any atom is -0.387 e. The number of hydrogen-bond acceptors (Lipinski definition) is 2. The minimum atomic E-state index is -0.354. The maximum atomic E-state index is 10.3. The van der Waals surface area contributed by atoms with Crippen molar-refractivity contribution in [1.29, 1.82) is 0 Å². The zero-order valence-corrected chi connectivity index (χ0v) is 12.1. The van der Waals surface area contributed by atoms with Crippen LogP contribution in [0.1, 0.15) is 30.9 Å². The van der Waals surface area contributed by atoms with Gasteiger partial charge < -0.3 is 10.0 Å². The largest absolute Gasteiger partial charge is 0.387 e. The summed E-state index contributed by atoms with van der Waals surface area (Å²) in [7, 11) is 0. The van der Waals surface area contributed by atoms with Gasteiger partial charge in [0.1, 0.15) is 0 Å². The highest BCUT2D eigenvalue weighted by Gasteiger charge is 2.38. The molecule has 1 unspecified atom stereocenters. The number of β-amino-alcohol motifs (C(OH)–C–C–N with tert-alkyl or cyclic N) is 1. The maximum Gasteiger partial charge on any atom is 0.0916 e. The van der Waals surface area contributed by atoms with Crippen molar-refractivity contribution in [3.8, 4) is 0 Å². The van der Waals surface area contributed by atoms with Crippen LogP contribution in [0.3, 0.4) is 0 Å².